The topological polar surface area (TPSA) is 111 Å². The van der Waals surface area contributed by atoms with Gasteiger partial charge in [0.15, 0.2) is 0 Å². The molecule has 0 saturated heterocycles. The average Bonchev–Trinajstić information content (AvgIpc) is 2.22. The predicted octanol–water partition coefficient (Wildman–Crippen LogP) is 0.848. The molecule has 0 saturated carbocycles. The van der Waals surface area contributed by atoms with Gasteiger partial charge in [-0.15, -0.1) is 0 Å². The Kier molecular flexibility index (Phi) is 5.73. The van der Waals surface area contributed by atoms with Crippen LogP contribution in [0, 0.1) is 0 Å². The molecule has 0 atom stereocenters. The van der Waals surface area contributed by atoms with Gasteiger partial charge in [-0.1, -0.05) is 0 Å². The molecule has 1 aromatic heterocycles. The number of nitrogens with one attached hydrogen (secondary N) is 1. The first-order valence-electron chi connectivity index (χ1n) is 4.58. The summed E-state index contributed by atoms with van der Waals surface area (Å²) in [5.74, 6) is 0.745. The summed E-state index contributed by atoms with van der Waals surface area (Å²) >= 11 is 0. The van der Waals surface area contributed by atoms with E-state index < -0.39 is 0 Å². The van der Waals surface area contributed by atoms with Crippen molar-refractivity contribution >= 4 is 30.5 Å². The van der Waals surface area contributed by atoms with E-state index in [9.17, 15) is 0 Å². The molecule has 0 aliphatic carbocycles. The van der Waals surface area contributed by atoms with E-state index in [2.05, 4.69) is 10.3 Å². The Labute approximate surface area is 101 Å². The number of nitrogens with zero attached hydrogens (tertiary/aromatic N) is 1. The van der Waals surface area contributed by atoms with Crippen molar-refractivity contribution < 1.29 is 11.0 Å². The van der Waals surface area contributed by atoms with Crippen molar-refractivity contribution in [2.75, 3.05) is 11.1 Å². The zero-order valence-corrected chi connectivity index (χ0v) is 9.04. The van der Waals surface area contributed by atoms with E-state index in [4.69, 9.17) is 13.6 Å². The molecule has 0 bridgehead atoms. The third kappa shape index (κ3) is 4.14. The number of hydrogen-bond acceptors (Lipinski definition) is 5. The molecule has 1 heterocycles. The Morgan fingerprint density at radius 2 is 1.88 bits per heavy atom. The number of nitrogens with two attached hydrogens (primary N) is 1. The molecule has 0 amide bonds. The van der Waals surface area contributed by atoms with Crippen molar-refractivity contribution in [2.24, 2.45) is 0 Å². The van der Waals surface area contributed by atoms with Gasteiger partial charge in [-0.3, -0.25) is 0 Å². The van der Waals surface area contributed by atoms with Crippen LogP contribution in [-0.2, 0) is 0 Å². The Morgan fingerprint density at radius 3 is 2.47 bits per heavy atom. The van der Waals surface area contributed by atoms with Crippen molar-refractivity contribution in [3.63, 3.8) is 0 Å². The molecule has 17 heavy (non-hydrogen) atoms. The smallest absolute Gasteiger partial charge is 0.870 e. The number of anilines is 3. The first kappa shape index (κ1) is 15.0. The van der Waals surface area contributed by atoms with Crippen molar-refractivity contribution in [3.05, 3.63) is 42.6 Å². The number of pyridine rings is 1. The van der Waals surface area contributed by atoms with Gasteiger partial charge < -0.3 is 11.0 Å². The van der Waals surface area contributed by atoms with Crippen LogP contribution in [-0.4, -0.2) is 23.8 Å². The molecule has 86 valence electrons. The second-order valence-electron chi connectivity index (χ2n) is 3.23. The van der Waals surface area contributed by atoms with Crippen molar-refractivity contribution in [2.45, 2.75) is 0 Å². The van der Waals surface area contributed by atoms with E-state index in [0.29, 0.717) is 5.69 Å². The van der Waals surface area contributed by atoms with Gasteiger partial charge in [0.1, 0.15) is 0 Å². The van der Waals surface area contributed by atoms with Crippen molar-refractivity contribution in [1.82, 2.24) is 4.98 Å². The molecule has 2 aromatic rings. The Morgan fingerprint density at radius 1 is 1.12 bits per heavy atom. The van der Waals surface area contributed by atoms with Crippen LogP contribution in [0.25, 0.3) is 0 Å². The van der Waals surface area contributed by atoms with Crippen LogP contribution < -0.4 is 16.5 Å². The summed E-state index contributed by atoms with van der Waals surface area (Å²) in [6.45, 7) is 0. The number of hydrogen-bond donors (Lipinski definition) is 2. The average molecular weight is 229 g/mol. The van der Waals surface area contributed by atoms with Gasteiger partial charge >= 0.3 is 89.1 Å². The maximum Gasteiger partial charge on any atom is -0.870 e. The predicted molar refractivity (Wildman–Crippen MR) is 67.6 cm³/mol. The fourth-order valence-electron chi connectivity index (χ4n) is 1.24. The van der Waals surface area contributed by atoms with E-state index in [-0.39, 0.29) is 11.0 Å². The summed E-state index contributed by atoms with van der Waals surface area (Å²) in [5.41, 5.74) is 7.81. The standard InChI is InChI=1S/C11H10BN3.2H2O/c12-8-2-1-3-10(6-8)15-11-5-4-9(13)7-14-11;;/h1-7H,13H2,(H,14,15);2*1H2/q+2;;/p-2. The summed E-state index contributed by atoms with van der Waals surface area (Å²) in [4.78, 5) is 4.13. The first-order chi connectivity index (χ1) is 7.24. The quantitative estimate of drug-likeness (QED) is 0.741. The SMILES string of the molecule is [B+2]c1cccc(Nc2ccc(N)cn2)c1.[OH-].[OH-]. The zero-order chi connectivity index (χ0) is 10.7. The van der Waals surface area contributed by atoms with Crippen LogP contribution >= 0.6 is 0 Å². The Bertz CT molecular complexity index is 463. The molecule has 5 N–H and O–H groups in total. The minimum Gasteiger partial charge on any atom is -0.870 e. The molecular formula is C11H12BN3O2. The fraction of sp³-hybridized carbons (Fsp3) is 0. The molecule has 0 unspecified atom stereocenters. The maximum atomic E-state index is 5.66. The second-order valence-corrected chi connectivity index (χ2v) is 3.23. The monoisotopic (exact) mass is 229 g/mol. The van der Waals surface area contributed by atoms with Gasteiger partial charge in [-0.2, -0.15) is 0 Å². The summed E-state index contributed by atoms with van der Waals surface area (Å²) < 4.78 is 0. The zero-order valence-electron chi connectivity index (χ0n) is 9.04. The Balaban J connectivity index is 0.00000128. The minimum atomic E-state index is 0. The summed E-state index contributed by atoms with van der Waals surface area (Å²) in [6.07, 6.45) is 1.61. The van der Waals surface area contributed by atoms with E-state index in [1.54, 1.807) is 12.3 Å². The number of aromatic nitrogens is 1. The fourth-order valence-corrected chi connectivity index (χ4v) is 1.24. The normalized spacial score (nSPS) is 8.82. The minimum absolute atomic E-state index is 0. The van der Waals surface area contributed by atoms with Crippen LogP contribution in [0.1, 0.15) is 0 Å². The maximum absolute atomic E-state index is 5.66. The van der Waals surface area contributed by atoms with Crippen LogP contribution in [0.15, 0.2) is 42.6 Å². The van der Waals surface area contributed by atoms with Gasteiger partial charge in [-0.05, 0) is 0 Å². The summed E-state index contributed by atoms with van der Waals surface area (Å²) in [5, 5.41) is 3.13. The summed E-state index contributed by atoms with van der Waals surface area (Å²) in [6, 6.07) is 11.1. The molecular weight excluding hydrogens is 217 g/mol. The molecule has 0 spiro atoms. The Hall–Kier alpha value is -2.05. The largest absolute Gasteiger partial charge is 0.870 e. The molecule has 0 fully saturated rings. The molecule has 0 aliphatic heterocycles. The van der Waals surface area contributed by atoms with Crippen molar-refractivity contribution in [3.8, 4) is 0 Å². The number of rotatable bonds is 2. The van der Waals surface area contributed by atoms with Gasteiger partial charge in [0.25, 0.3) is 0 Å². The molecule has 1 aromatic carbocycles. The third-order valence-corrected chi connectivity index (χ3v) is 1.95. The van der Waals surface area contributed by atoms with E-state index in [1.165, 1.54) is 0 Å². The first-order valence-corrected chi connectivity index (χ1v) is 4.58. The van der Waals surface area contributed by atoms with E-state index in [1.807, 2.05) is 30.3 Å². The van der Waals surface area contributed by atoms with Crippen LogP contribution in [0.4, 0.5) is 17.2 Å². The van der Waals surface area contributed by atoms with Crippen LogP contribution in [0.2, 0.25) is 0 Å². The van der Waals surface area contributed by atoms with Gasteiger partial charge in [0, 0.05) is 0 Å². The molecule has 5 nitrogen and oxygen atoms in total. The van der Waals surface area contributed by atoms with Gasteiger partial charge in [-0.25, -0.2) is 0 Å². The van der Waals surface area contributed by atoms with E-state index >= 15 is 0 Å². The molecule has 6 heteroatoms. The summed E-state index contributed by atoms with van der Waals surface area (Å²) in [7, 11) is 5.66. The second kappa shape index (κ2) is 6.52. The van der Waals surface area contributed by atoms with Crippen LogP contribution in [0.5, 0.6) is 0 Å². The van der Waals surface area contributed by atoms with Gasteiger partial charge in [0.05, 0.1) is 0 Å². The molecule has 2 rings (SSSR count). The molecule has 0 aliphatic rings. The molecule has 0 radical (unpaired) electrons. The van der Waals surface area contributed by atoms with Crippen LogP contribution in [0.3, 0.4) is 0 Å². The van der Waals surface area contributed by atoms with Gasteiger partial charge in [0.2, 0.25) is 0 Å². The van der Waals surface area contributed by atoms with E-state index in [0.717, 1.165) is 17.0 Å². The van der Waals surface area contributed by atoms with Crippen molar-refractivity contribution in [1.29, 1.82) is 0 Å². The third-order valence-electron chi connectivity index (χ3n) is 1.95. The number of benzene rings is 1. The number of nitrogen functional groups attached to an aromatic ring is 1.